The van der Waals surface area contributed by atoms with Crippen LogP contribution in [-0.4, -0.2) is 25.8 Å². The van der Waals surface area contributed by atoms with Crippen LogP contribution in [0.5, 0.6) is 0 Å². The van der Waals surface area contributed by atoms with Crippen molar-refractivity contribution in [2.24, 2.45) is 0 Å². The van der Waals surface area contributed by atoms with Crippen molar-refractivity contribution in [3.8, 4) is 0 Å². The van der Waals surface area contributed by atoms with E-state index in [1.807, 2.05) is 26.0 Å². The van der Waals surface area contributed by atoms with Gasteiger partial charge in [-0.25, -0.2) is 8.42 Å². The van der Waals surface area contributed by atoms with Gasteiger partial charge in [-0.2, -0.15) is 4.31 Å². The summed E-state index contributed by atoms with van der Waals surface area (Å²) < 4.78 is 27.7. The molecule has 1 heterocycles. The molecule has 0 bridgehead atoms. The average molecular weight is 389 g/mol. The SMILES string of the molecule is CC(C)N(C)S(=O)(=O)c1ccc(CNCc2csc3ccccc23)cc1. The van der Waals surface area contributed by atoms with Gasteiger partial charge in [-0.05, 0) is 53.9 Å². The summed E-state index contributed by atoms with van der Waals surface area (Å²) in [5.41, 5.74) is 2.36. The molecular formula is C20H24N2O2S2. The Morgan fingerprint density at radius 2 is 1.73 bits per heavy atom. The molecule has 0 aliphatic heterocycles. The normalized spacial score (nSPS) is 12.3. The second kappa shape index (κ2) is 7.88. The number of thiophene rings is 1. The lowest BCUT2D eigenvalue weighted by atomic mass is 10.1. The van der Waals surface area contributed by atoms with Gasteiger partial charge in [0.25, 0.3) is 0 Å². The lowest BCUT2D eigenvalue weighted by molar-refractivity contribution is 0.410. The zero-order valence-electron chi connectivity index (χ0n) is 15.3. The van der Waals surface area contributed by atoms with Gasteiger partial charge in [-0.1, -0.05) is 30.3 Å². The number of fused-ring (bicyclic) bond motifs is 1. The quantitative estimate of drug-likeness (QED) is 0.659. The van der Waals surface area contributed by atoms with Crippen LogP contribution in [0.2, 0.25) is 0 Å². The van der Waals surface area contributed by atoms with Crippen LogP contribution in [0.4, 0.5) is 0 Å². The highest BCUT2D eigenvalue weighted by Crippen LogP contribution is 2.25. The first-order valence-electron chi connectivity index (χ1n) is 8.62. The monoisotopic (exact) mass is 388 g/mol. The van der Waals surface area contributed by atoms with Crippen molar-refractivity contribution in [1.82, 2.24) is 9.62 Å². The van der Waals surface area contributed by atoms with Crippen LogP contribution >= 0.6 is 11.3 Å². The first-order valence-corrected chi connectivity index (χ1v) is 10.9. The smallest absolute Gasteiger partial charge is 0.243 e. The first kappa shape index (κ1) is 19.0. The molecule has 0 aliphatic rings. The highest BCUT2D eigenvalue weighted by molar-refractivity contribution is 7.89. The van der Waals surface area contributed by atoms with Crippen molar-refractivity contribution in [3.05, 3.63) is 65.0 Å². The molecule has 0 saturated heterocycles. The Morgan fingerprint density at radius 1 is 1.04 bits per heavy atom. The fourth-order valence-electron chi connectivity index (χ4n) is 2.73. The summed E-state index contributed by atoms with van der Waals surface area (Å²) in [6.45, 7) is 5.22. The van der Waals surface area contributed by atoms with Gasteiger partial charge in [0, 0.05) is 30.9 Å². The van der Waals surface area contributed by atoms with Crippen LogP contribution in [0.15, 0.2) is 58.8 Å². The topological polar surface area (TPSA) is 49.4 Å². The predicted octanol–water partition coefficient (Wildman–Crippen LogP) is 4.22. The summed E-state index contributed by atoms with van der Waals surface area (Å²) in [6.07, 6.45) is 0. The van der Waals surface area contributed by atoms with Crippen molar-refractivity contribution in [3.63, 3.8) is 0 Å². The second-order valence-electron chi connectivity index (χ2n) is 6.62. The first-order chi connectivity index (χ1) is 12.4. The van der Waals surface area contributed by atoms with Crippen LogP contribution in [0, 0.1) is 0 Å². The molecule has 2 aromatic carbocycles. The third-order valence-corrected chi connectivity index (χ3v) is 7.59. The van der Waals surface area contributed by atoms with Gasteiger partial charge in [-0.3, -0.25) is 0 Å². The molecule has 0 fully saturated rings. The highest BCUT2D eigenvalue weighted by atomic mass is 32.2. The average Bonchev–Trinajstić information content (AvgIpc) is 3.05. The maximum atomic E-state index is 12.5. The minimum Gasteiger partial charge on any atom is -0.309 e. The van der Waals surface area contributed by atoms with E-state index in [9.17, 15) is 8.42 Å². The molecule has 26 heavy (non-hydrogen) atoms. The molecule has 0 spiro atoms. The highest BCUT2D eigenvalue weighted by Gasteiger charge is 2.22. The van der Waals surface area contributed by atoms with Gasteiger partial charge in [-0.15, -0.1) is 11.3 Å². The molecule has 1 aromatic heterocycles. The van der Waals surface area contributed by atoms with Gasteiger partial charge in [0.2, 0.25) is 10.0 Å². The zero-order valence-corrected chi connectivity index (χ0v) is 16.9. The van der Waals surface area contributed by atoms with E-state index in [2.05, 4.69) is 35.0 Å². The molecule has 3 rings (SSSR count). The van der Waals surface area contributed by atoms with E-state index in [0.29, 0.717) is 11.4 Å². The molecule has 138 valence electrons. The van der Waals surface area contributed by atoms with Crippen LogP contribution in [0.25, 0.3) is 10.1 Å². The van der Waals surface area contributed by atoms with E-state index < -0.39 is 10.0 Å². The summed E-state index contributed by atoms with van der Waals surface area (Å²) in [5, 5.41) is 6.93. The molecular weight excluding hydrogens is 364 g/mol. The Morgan fingerprint density at radius 3 is 2.42 bits per heavy atom. The zero-order chi connectivity index (χ0) is 18.7. The molecule has 0 saturated carbocycles. The van der Waals surface area contributed by atoms with E-state index in [0.717, 1.165) is 12.1 Å². The van der Waals surface area contributed by atoms with Gasteiger partial charge >= 0.3 is 0 Å². The molecule has 0 radical (unpaired) electrons. The Labute approximate surface area is 159 Å². The molecule has 6 heteroatoms. The lowest BCUT2D eigenvalue weighted by Crippen LogP contribution is -2.33. The minimum atomic E-state index is -3.42. The third-order valence-electron chi connectivity index (χ3n) is 4.53. The number of nitrogens with zero attached hydrogens (tertiary/aromatic N) is 1. The van der Waals surface area contributed by atoms with Crippen molar-refractivity contribution >= 4 is 31.4 Å². The predicted molar refractivity (Wildman–Crippen MR) is 109 cm³/mol. The number of hydrogen-bond donors (Lipinski definition) is 1. The van der Waals surface area contributed by atoms with E-state index in [4.69, 9.17) is 0 Å². The van der Waals surface area contributed by atoms with Gasteiger partial charge in [0.15, 0.2) is 0 Å². The van der Waals surface area contributed by atoms with Crippen LogP contribution in [0.3, 0.4) is 0 Å². The van der Waals surface area contributed by atoms with E-state index in [1.165, 1.54) is 20.0 Å². The summed E-state index contributed by atoms with van der Waals surface area (Å²) in [6, 6.07) is 15.5. The van der Waals surface area contributed by atoms with Crippen molar-refractivity contribution in [2.75, 3.05) is 7.05 Å². The Bertz CT molecular complexity index is 976. The number of benzene rings is 2. The van der Waals surface area contributed by atoms with E-state index >= 15 is 0 Å². The summed E-state index contributed by atoms with van der Waals surface area (Å²) in [7, 11) is -1.81. The summed E-state index contributed by atoms with van der Waals surface area (Å²) in [4.78, 5) is 0.335. The van der Waals surface area contributed by atoms with E-state index in [1.54, 1.807) is 30.5 Å². The second-order valence-corrected chi connectivity index (χ2v) is 9.53. The maximum absolute atomic E-state index is 12.5. The van der Waals surface area contributed by atoms with Crippen molar-refractivity contribution in [1.29, 1.82) is 0 Å². The fraction of sp³-hybridized carbons (Fsp3) is 0.300. The number of sulfonamides is 1. The number of rotatable bonds is 7. The summed E-state index contributed by atoms with van der Waals surface area (Å²) >= 11 is 1.76. The van der Waals surface area contributed by atoms with Crippen LogP contribution in [-0.2, 0) is 23.1 Å². The molecule has 0 unspecified atom stereocenters. The number of nitrogens with one attached hydrogen (secondary N) is 1. The van der Waals surface area contributed by atoms with E-state index in [-0.39, 0.29) is 6.04 Å². The van der Waals surface area contributed by atoms with Gasteiger partial charge < -0.3 is 5.32 Å². The Hall–Kier alpha value is -1.73. The Kier molecular flexibility index (Phi) is 5.77. The van der Waals surface area contributed by atoms with Crippen molar-refractivity contribution < 1.29 is 8.42 Å². The molecule has 0 atom stereocenters. The lowest BCUT2D eigenvalue weighted by Gasteiger charge is -2.21. The molecule has 1 N–H and O–H groups in total. The van der Waals surface area contributed by atoms with Gasteiger partial charge in [0.1, 0.15) is 0 Å². The molecule has 4 nitrogen and oxygen atoms in total. The molecule has 3 aromatic rings. The fourth-order valence-corrected chi connectivity index (χ4v) is 5.06. The van der Waals surface area contributed by atoms with Crippen LogP contribution in [0.1, 0.15) is 25.0 Å². The van der Waals surface area contributed by atoms with Gasteiger partial charge in [0.05, 0.1) is 4.90 Å². The maximum Gasteiger partial charge on any atom is 0.243 e. The molecule has 0 amide bonds. The number of hydrogen-bond acceptors (Lipinski definition) is 4. The van der Waals surface area contributed by atoms with Crippen LogP contribution < -0.4 is 5.32 Å². The summed E-state index contributed by atoms with van der Waals surface area (Å²) in [5.74, 6) is 0. The largest absolute Gasteiger partial charge is 0.309 e. The standard InChI is InChI=1S/C20H24N2O2S2/c1-15(2)22(3)26(23,24)18-10-8-16(9-11-18)12-21-13-17-14-25-20-7-5-4-6-19(17)20/h4-11,14-15,21H,12-13H2,1-3H3. The minimum absolute atomic E-state index is 0.0678. The third kappa shape index (κ3) is 3.99. The van der Waals surface area contributed by atoms with Crippen molar-refractivity contribution in [2.45, 2.75) is 37.9 Å². The Balaban J connectivity index is 1.63. The molecule has 0 aliphatic carbocycles.